The zero-order valence-electron chi connectivity index (χ0n) is 12.4. The van der Waals surface area contributed by atoms with Crippen LogP contribution >= 0.6 is 27.7 Å². The summed E-state index contributed by atoms with van der Waals surface area (Å²) in [5, 5.41) is 6.39. The van der Waals surface area contributed by atoms with Gasteiger partial charge in [-0.25, -0.2) is 0 Å². The summed E-state index contributed by atoms with van der Waals surface area (Å²) in [5.41, 5.74) is 1.25. The third-order valence-electron chi connectivity index (χ3n) is 4.52. The van der Waals surface area contributed by atoms with Crippen LogP contribution in [0.1, 0.15) is 18.4 Å². The summed E-state index contributed by atoms with van der Waals surface area (Å²) in [6, 6.07) is 8.37. The quantitative estimate of drug-likeness (QED) is 0.835. The third-order valence-corrected chi connectivity index (χ3v) is 5.95. The van der Waals surface area contributed by atoms with Gasteiger partial charge < -0.3 is 10.1 Å². The Balaban J connectivity index is 1.73. The molecule has 0 saturated carbocycles. The van der Waals surface area contributed by atoms with Crippen molar-refractivity contribution in [2.75, 3.05) is 31.4 Å². The highest BCUT2D eigenvalue weighted by atomic mass is 79.9. The molecule has 2 heterocycles. The lowest BCUT2D eigenvalue weighted by Crippen LogP contribution is -2.49. The summed E-state index contributed by atoms with van der Waals surface area (Å²) in [6.45, 7) is 2.17. The van der Waals surface area contributed by atoms with E-state index in [-0.39, 0.29) is 17.4 Å². The highest BCUT2D eigenvalue weighted by molar-refractivity contribution is 9.10. The molecule has 2 aliphatic heterocycles. The lowest BCUT2D eigenvalue weighted by molar-refractivity contribution is -0.122. The van der Waals surface area contributed by atoms with E-state index < -0.39 is 0 Å². The Morgan fingerprint density at radius 1 is 1.45 bits per heavy atom. The molecule has 2 N–H and O–H groups in total. The lowest BCUT2D eigenvalue weighted by atomic mass is 9.74. The number of ether oxygens (including phenoxy) is 1. The summed E-state index contributed by atoms with van der Waals surface area (Å²) < 4.78 is 6.62. The highest BCUT2D eigenvalue weighted by Crippen LogP contribution is 2.35. The monoisotopic (exact) mass is 384 g/mol. The van der Waals surface area contributed by atoms with Gasteiger partial charge in [-0.3, -0.25) is 10.1 Å². The summed E-state index contributed by atoms with van der Waals surface area (Å²) >= 11 is 5.33. The molecule has 6 heteroatoms. The molecule has 0 bridgehead atoms. The maximum atomic E-state index is 12.3. The molecular weight excluding hydrogens is 364 g/mol. The van der Waals surface area contributed by atoms with Gasteiger partial charge in [0.05, 0.1) is 6.04 Å². The highest BCUT2D eigenvalue weighted by Gasteiger charge is 2.35. The van der Waals surface area contributed by atoms with Crippen molar-refractivity contribution in [2.24, 2.45) is 0 Å². The molecule has 2 saturated heterocycles. The SMILES string of the molecule is O=C(NCC1(c2cccc(Br)c2)CCOCC1)C1CSCN1. The van der Waals surface area contributed by atoms with Gasteiger partial charge in [0.15, 0.2) is 0 Å². The molecule has 0 radical (unpaired) electrons. The Bertz CT molecular complexity index is 529. The molecule has 0 spiro atoms. The zero-order valence-corrected chi connectivity index (χ0v) is 14.8. The average Bonchev–Trinajstić information content (AvgIpc) is 3.08. The standard InChI is InChI=1S/C16H21BrN2O2S/c17-13-3-1-2-12(8-13)16(4-6-21-7-5-16)10-18-15(20)14-9-22-11-19-14/h1-3,8,14,19H,4-7,9-11H2,(H,18,20). The molecule has 2 fully saturated rings. The first kappa shape index (κ1) is 16.3. The van der Waals surface area contributed by atoms with Crippen molar-refractivity contribution in [1.82, 2.24) is 10.6 Å². The van der Waals surface area contributed by atoms with Crippen LogP contribution in [0.2, 0.25) is 0 Å². The second kappa shape index (κ2) is 7.34. The van der Waals surface area contributed by atoms with E-state index in [9.17, 15) is 4.79 Å². The molecule has 1 atom stereocenters. The number of hydrogen-bond acceptors (Lipinski definition) is 4. The van der Waals surface area contributed by atoms with Crippen molar-refractivity contribution in [3.8, 4) is 0 Å². The topological polar surface area (TPSA) is 50.4 Å². The van der Waals surface area contributed by atoms with Crippen LogP contribution in [0.25, 0.3) is 0 Å². The fourth-order valence-electron chi connectivity index (χ4n) is 3.09. The van der Waals surface area contributed by atoms with Gasteiger partial charge in [0.2, 0.25) is 5.91 Å². The van der Waals surface area contributed by atoms with E-state index in [0.29, 0.717) is 6.54 Å². The molecule has 1 unspecified atom stereocenters. The maximum Gasteiger partial charge on any atom is 0.238 e. The lowest BCUT2D eigenvalue weighted by Gasteiger charge is -2.38. The van der Waals surface area contributed by atoms with Crippen molar-refractivity contribution in [3.05, 3.63) is 34.3 Å². The number of rotatable bonds is 4. The molecule has 1 aromatic rings. The first-order valence-corrected chi connectivity index (χ1v) is 9.57. The average molecular weight is 385 g/mol. The van der Waals surface area contributed by atoms with Crippen molar-refractivity contribution < 1.29 is 9.53 Å². The first-order valence-electron chi connectivity index (χ1n) is 7.62. The molecule has 2 aliphatic rings. The molecule has 0 aliphatic carbocycles. The van der Waals surface area contributed by atoms with Crippen LogP contribution in [0.5, 0.6) is 0 Å². The van der Waals surface area contributed by atoms with Crippen LogP contribution < -0.4 is 10.6 Å². The van der Waals surface area contributed by atoms with Crippen LogP contribution in [0.15, 0.2) is 28.7 Å². The normalized spacial score (nSPS) is 24.1. The predicted molar refractivity (Wildman–Crippen MR) is 93.1 cm³/mol. The second-order valence-electron chi connectivity index (χ2n) is 5.89. The van der Waals surface area contributed by atoms with Crippen molar-refractivity contribution in [2.45, 2.75) is 24.3 Å². The Morgan fingerprint density at radius 2 is 2.27 bits per heavy atom. The summed E-state index contributed by atoms with van der Waals surface area (Å²) in [5.74, 6) is 1.84. The number of carbonyl (C=O) groups excluding carboxylic acids is 1. The minimum absolute atomic E-state index is 0.0244. The molecule has 1 aromatic carbocycles. The van der Waals surface area contributed by atoms with E-state index in [2.05, 4.69) is 44.8 Å². The largest absolute Gasteiger partial charge is 0.381 e. The molecule has 1 amide bonds. The van der Waals surface area contributed by atoms with Gasteiger partial charge in [0, 0.05) is 41.3 Å². The van der Waals surface area contributed by atoms with Gasteiger partial charge in [-0.1, -0.05) is 28.1 Å². The number of nitrogens with one attached hydrogen (secondary N) is 2. The van der Waals surface area contributed by atoms with Crippen LogP contribution in [0, 0.1) is 0 Å². The summed E-state index contributed by atoms with van der Waals surface area (Å²) in [7, 11) is 0. The Labute approximate surface area is 143 Å². The minimum atomic E-state index is -0.0515. The van der Waals surface area contributed by atoms with E-state index in [1.54, 1.807) is 11.8 Å². The van der Waals surface area contributed by atoms with Gasteiger partial charge in [-0.15, -0.1) is 11.8 Å². The van der Waals surface area contributed by atoms with Gasteiger partial charge in [0.25, 0.3) is 0 Å². The van der Waals surface area contributed by atoms with Gasteiger partial charge in [0.1, 0.15) is 0 Å². The number of hydrogen-bond donors (Lipinski definition) is 2. The van der Waals surface area contributed by atoms with Gasteiger partial charge >= 0.3 is 0 Å². The number of carbonyl (C=O) groups is 1. The van der Waals surface area contributed by atoms with E-state index >= 15 is 0 Å². The van der Waals surface area contributed by atoms with Crippen molar-refractivity contribution in [3.63, 3.8) is 0 Å². The number of benzene rings is 1. The maximum absolute atomic E-state index is 12.3. The zero-order chi connectivity index (χ0) is 15.4. The Kier molecular flexibility index (Phi) is 5.44. The van der Waals surface area contributed by atoms with E-state index in [1.165, 1.54) is 5.56 Å². The molecule has 22 heavy (non-hydrogen) atoms. The molecule has 4 nitrogen and oxygen atoms in total. The summed E-state index contributed by atoms with van der Waals surface area (Å²) in [6.07, 6.45) is 1.88. The fraction of sp³-hybridized carbons (Fsp3) is 0.562. The number of thioether (sulfide) groups is 1. The number of halogens is 1. The number of amides is 1. The fourth-order valence-corrected chi connectivity index (χ4v) is 4.43. The third kappa shape index (κ3) is 3.67. The van der Waals surface area contributed by atoms with Crippen LogP contribution in [0.4, 0.5) is 0 Å². The Hall–Kier alpha value is -0.560. The molecule has 3 rings (SSSR count). The smallest absolute Gasteiger partial charge is 0.238 e. The molecular formula is C16H21BrN2O2S. The van der Waals surface area contributed by atoms with Crippen LogP contribution in [-0.2, 0) is 14.9 Å². The minimum Gasteiger partial charge on any atom is -0.381 e. The first-order chi connectivity index (χ1) is 10.7. The Morgan fingerprint density at radius 3 is 2.95 bits per heavy atom. The summed E-state index contributed by atoms with van der Waals surface area (Å²) in [4.78, 5) is 12.3. The van der Waals surface area contributed by atoms with Gasteiger partial charge in [-0.05, 0) is 30.5 Å². The van der Waals surface area contributed by atoms with Crippen molar-refractivity contribution in [1.29, 1.82) is 0 Å². The van der Waals surface area contributed by atoms with Crippen molar-refractivity contribution >= 4 is 33.6 Å². The van der Waals surface area contributed by atoms with Crippen LogP contribution in [0.3, 0.4) is 0 Å². The van der Waals surface area contributed by atoms with E-state index in [4.69, 9.17) is 4.74 Å². The van der Waals surface area contributed by atoms with E-state index in [1.807, 2.05) is 6.07 Å². The molecule has 120 valence electrons. The predicted octanol–water partition coefficient (Wildman–Crippen LogP) is 2.28. The van der Waals surface area contributed by atoms with Gasteiger partial charge in [-0.2, -0.15) is 0 Å². The second-order valence-corrected chi connectivity index (χ2v) is 7.84. The van der Waals surface area contributed by atoms with Crippen LogP contribution in [-0.4, -0.2) is 43.3 Å². The van der Waals surface area contributed by atoms with E-state index in [0.717, 1.165) is 42.2 Å². The molecule has 0 aromatic heterocycles.